The van der Waals surface area contributed by atoms with E-state index in [0.717, 1.165) is 96.3 Å². The zero-order chi connectivity index (χ0) is 68.9. The quantitative estimate of drug-likeness (QED) is 0.0199. The van der Waals surface area contributed by atoms with Crippen molar-refractivity contribution in [3.63, 3.8) is 0 Å². The molecule has 17 unspecified atom stereocenters. The third-order valence-electron chi connectivity index (χ3n) is 18.2. The van der Waals surface area contributed by atoms with Gasteiger partial charge in [0.25, 0.3) is 0 Å². The minimum absolute atomic E-state index is 0.246. The molecule has 3 aliphatic rings. The van der Waals surface area contributed by atoms with Crippen LogP contribution in [-0.4, -0.2) is 193 Å². The Morgan fingerprint density at radius 2 is 0.726 bits per heavy atom. The van der Waals surface area contributed by atoms with Crippen molar-refractivity contribution in [1.82, 2.24) is 5.32 Å². The number of rotatable bonds is 57. The molecule has 19 heteroatoms. The molecule has 17 atom stereocenters. The summed E-state index contributed by atoms with van der Waals surface area (Å²) in [5, 5.41) is 121. The molecule has 0 radical (unpaired) electrons. The van der Waals surface area contributed by atoms with Gasteiger partial charge in [-0.05, 0) is 70.6 Å². The van der Waals surface area contributed by atoms with Crippen molar-refractivity contribution in [2.45, 2.75) is 362 Å². The van der Waals surface area contributed by atoms with Crippen LogP contribution >= 0.6 is 0 Å². The van der Waals surface area contributed by atoms with E-state index in [4.69, 9.17) is 28.4 Å². The second-order valence-electron chi connectivity index (χ2n) is 26.4. The lowest BCUT2D eigenvalue weighted by molar-refractivity contribution is -0.379. The average Bonchev–Trinajstić information content (AvgIpc) is 0.799. The average molecular weight is 1350 g/mol. The van der Waals surface area contributed by atoms with Gasteiger partial charge in [0, 0.05) is 6.42 Å². The van der Waals surface area contributed by atoms with Gasteiger partial charge in [-0.15, -0.1) is 0 Å². The van der Waals surface area contributed by atoms with Gasteiger partial charge in [0.05, 0.1) is 38.6 Å². The molecule has 3 rings (SSSR count). The fourth-order valence-electron chi connectivity index (χ4n) is 12.2. The summed E-state index contributed by atoms with van der Waals surface area (Å²) in [5.41, 5.74) is 0. The first-order valence-corrected chi connectivity index (χ1v) is 37.3. The number of carbonyl (C=O) groups is 1. The molecule has 19 nitrogen and oxygen atoms in total. The maximum atomic E-state index is 13.4. The first kappa shape index (κ1) is 86.2. The number of allylic oxidation sites excluding steroid dienone is 14. The number of carbonyl (C=O) groups excluding carboxylic acids is 1. The second-order valence-corrected chi connectivity index (χ2v) is 26.4. The van der Waals surface area contributed by atoms with E-state index in [0.29, 0.717) is 12.8 Å². The molecular weight excluding hydrogens is 1210 g/mol. The molecule has 3 fully saturated rings. The van der Waals surface area contributed by atoms with Crippen LogP contribution in [0.25, 0.3) is 0 Å². The number of amides is 1. The molecule has 3 heterocycles. The molecule has 0 spiro atoms. The van der Waals surface area contributed by atoms with Crippen LogP contribution in [0.2, 0.25) is 0 Å². The molecule has 3 saturated heterocycles. The van der Waals surface area contributed by atoms with Crippen LogP contribution in [0.15, 0.2) is 85.1 Å². The third-order valence-corrected chi connectivity index (χ3v) is 18.2. The Labute approximate surface area is 571 Å². The lowest BCUT2D eigenvalue weighted by Gasteiger charge is -2.48. The predicted molar refractivity (Wildman–Crippen MR) is 374 cm³/mol. The number of nitrogens with one attached hydrogen (secondary N) is 1. The van der Waals surface area contributed by atoms with Crippen LogP contribution in [-0.2, 0) is 33.2 Å². The lowest BCUT2D eigenvalue weighted by atomic mass is 9.96. The zero-order valence-corrected chi connectivity index (χ0v) is 58.4. The number of aliphatic hydroxyl groups is 11. The first-order valence-electron chi connectivity index (χ1n) is 37.3. The maximum Gasteiger partial charge on any atom is 0.220 e. The number of unbranched alkanes of at least 4 members (excludes halogenated alkanes) is 27. The fourth-order valence-corrected chi connectivity index (χ4v) is 12.2. The van der Waals surface area contributed by atoms with E-state index < -0.39 is 124 Å². The van der Waals surface area contributed by atoms with Gasteiger partial charge in [-0.3, -0.25) is 4.79 Å². The molecule has 0 saturated carbocycles. The molecule has 0 aromatic carbocycles. The molecule has 0 aliphatic carbocycles. The van der Waals surface area contributed by atoms with Gasteiger partial charge in [-0.2, -0.15) is 0 Å². The maximum absolute atomic E-state index is 13.4. The van der Waals surface area contributed by atoms with Crippen molar-refractivity contribution in [3.8, 4) is 0 Å². The van der Waals surface area contributed by atoms with E-state index in [1.165, 1.54) is 128 Å². The number of ether oxygens (including phenoxy) is 6. The van der Waals surface area contributed by atoms with Crippen LogP contribution < -0.4 is 5.32 Å². The molecule has 3 aliphatic heterocycles. The van der Waals surface area contributed by atoms with E-state index in [2.05, 4.69) is 104 Å². The predicted octanol–water partition coefficient (Wildman–Crippen LogP) is 11.1. The smallest absolute Gasteiger partial charge is 0.220 e. The minimum atomic E-state index is -1.97. The van der Waals surface area contributed by atoms with E-state index in [1.807, 2.05) is 0 Å². The van der Waals surface area contributed by atoms with Crippen molar-refractivity contribution >= 4 is 5.91 Å². The van der Waals surface area contributed by atoms with Crippen LogP contribution in [0.1, 0.15) is 258 Å². The molecule has 0 aromatic rings. The first-order chi connectivity index (χ1) is 46.3. The minimum Gasteiger partial charge on any atom is -0.394 e. The second kappa shape index (κ2) is 56.7. The molecule has 550 valence electrons. The highest BCUT2D eigenvalue weighted by Crippen LogP contribution is 2.33. The summed E-state index contributed by atoms with van der Waals surface area (Å²) in [4.78, 5) is 13.4. The standard InChI is InChI=1S/C76H133NO18/c1-3-5-7-9-11-13-15-17-19-20-21-22-23-24-25-26-27-28-29-30-31-32-33-34-35-36-37-38-40-42-44-46-48-50-52-54-64(82)77-59(60(81)53-51-49-47-45-43-41-39-18-16-14-12-10-8-6-4-2)58-90-74-70(88)67(85)72(62(56-79)92-74)95-76-71(89)68(86)73(63(57-80)93-76)94-75-69(87)66(84)65(83)61(55-78)91-75/h5,7,11,13,17,19,21-22,24-25,27-28,30-31,59-63,65-76,78-81,83-89H,3-4,6,8-10,12,14-16,18,20,23,26,29,32-58H2,1-2H3,(H,77,82)/b7-5-,13-11-,19-17-,22-21-,25-24-,28-27-,31-30-. The normalized spacial score (nSPS) is 27.7. The van der Waals surface area contributed by atoms with Crippen LogP contribution in [0, 0.1) is 0 Å². The van der Waals surface area contributed by atoms with E-state index in [-0.39, 0.29) is 18.9 Å². The van der Waals surface area contributed by atoms with Crippen molar-refractivity contribution in [2.24, 2.45) is 0 Å². The highest BCUT2D eigenvalue weighted by Gasteiger charge is 2.53. The van der Waals surface area contributed by atoms with E-state index >= 15 is 0 Å². The monoisotopic (exact) mass is 1350 g/mol. The van der Waals surface area contributed by atoms with Crippen molar-refractivity contribution in [1.29, 1.82) is 0 Å². The molecule has 0 aromatic heterocycles. The van der Waals surface area contributed by atoms with Crippen LogP contribution in [0.5, 0.6) is 0 Å². The summed E-state index contributed by atoms with van der Waals surface area (Å²) in [6.07, 6.45) is 46.6. The van der Waals surface area contributed by atoms with Crippen molar-refractivity contribution in [3.05, 3.63) is 85.1 Å². The van der Waals surface area contributed by atoms with Crippen LogP contribution in [0.4, 0.5) is 0 Å². The molecule has 95 heavy (non-hydrogen) atoms. The summed E-state index contributed by atoms with van der Waals surface area (Å²) >= 11 is 0. The zero-order valence-electron chi connectivity index (χ0n) is 58.4. The topological polar surface area (TPSA) is 307 Å². The summed E-state index contributed by atoms with van der Waals surface area (Å²) < 4.78 is 34.4. The Kier molecular flexibility index (Phi) is 51.4. The molecular formula is C76H133NO18. The summed E-state index contributed by atoms with van der Waals surface area (Å²) in [6, 6.07) is -0.892. The Bertz CT molecular complexity index is 2050. The number of hydrogen-bond acceptors (Lipinski definition) is 18. The van der Waals surface area contributed by atoms with Gasteiger partial charge < -0.3 is 89.9 Å². The van der Waals surface area contributed by atoms with Gasteiger partial charge in [-0.1, -0.05) is 266 Å². The van der Waals surface area contributed by atoms with Crippen molar-refractivity contribution in [2.75, 3.05) is 26.4 Å². The SMILES string of the molecule is CC/C=C\C/C=C\C/C=C\C/C=C\C/C=C\C/C=C\C/C=C\CCCCCCCCCCCCCCCC(=O)NC(COC1OC(CO)C(OC2OC(CO)C(OC3OC(CO)C(O)C(O)C3O)C(O)C2O)C(O)C1O)C(O)CCCCCCCCCCCCCCCCC. The number of aliphatic hydroxyl groups excluding tert-OH is 11. The van der Waals surface area contributed by atoms with Gasteiger partial charge in [0.2, 0.25) is 5.91 Å². The third kappa shape index (κ3) is 37.8. The highest BCUT2D eigenvalue weighted by atomic mass is 16.8. The molecule has 0 bridgehead atoms. The Hall–Kier alpha value is -3.03. The van der Waals surface area contributed by atoms with Crippen molar-refractivity contribution < 1.29 is 89.4 Å². The van der Waals surface area contributed by atoms with Gasteiger partial charge in [0.15, 0.2) is 18.9 Å². The molecule has 12 N–H and O–H groups in total. The Morgan fingerprint density at radius 1 is 0.389 bits per heavy atom. The Balaban J connectivity index is 1.35. The molecule has 1 amide bonds. The van der Waals surface area contributed by atoms with Crippen LogP contribution in [0.3, 0.4) is 0 Å². The summed E-state index contributed by atoms with van der Waals surface area (Å²) in [6.45, 7) is 1.69. The number of hydrogen-bond donors (Lipinski definition) is 12. The highest BCUT2D eigenvalue weighted by molar-refractivity contribution is 5.76. The lowest BCUT2D eigenvalue weighted by Crippen LogP contribution is -2.66. The summed E-state index contributed by atoms with van der Waals surface area (Å²) in [5.74, 6) is -0.246. The van der Waals surface area contributed by atoms with E-state index in [9.17, 15) is 61.0 Å². The summed E-state index contributed by atoms with van der Waals surface area (Å²) in [7, 11) is 0. The Morgan fingerprint density at radius 3 is 1.14 bits per heavy atom. The largest absolute Gasteiger partial charge is 0.394 e. The van der Waals surface area contributed by atoms with E-state index in [1.54, 1.807) is 0 Å². The van der Waals surface area contributed by atoms with Gasteiger partial charge >= 0.3 is 0 Å². The van der Waals surface area contributed by atoms with Gasteiger partial charge in [0.1, 0.15) is 73.2 Å². The van der Waals surface area contributed by atoms with Gasteiger partial charge in [-0.25, -0.2) is 0 Å². The fraction of sp³-hybridized carbons (Fsp3) is 0.803.